The summed E-state index contributed by atoms with van der Waals surface area (Å²) < 4.78 is 5.06. The molecule has 2 rings (SSSR count). The topological polar surface area (TPSA) is 59.6 Å². The van der Waals surface area contributed by atoms with Crippen LogP contribution in [0.1, 0.15) is 30.4 Å². The molecule has 4 nitrogen and oxygen atoms in total. The van der Waals surface area contributed by atoms with Crippen molar-refractivity contribution in [2.75, 3.05) is 13.7 Å². The molecule has 0 saturated heterocycles. The van der Waals surface area contributed by atoms with Gasteiger partial charge in [-0.3, -0.25) is 0 Å². The molecule has 0 aliphatic heterocycles. The van der Waals surface area contributed by atoms with Gasteiger partial charge in [-0.25, -0.2) is 4.99 Å². The van der Waals surface area contributed by atoms with Crippen LogP contribution in [0.2, 0.25) is 0 Å². The third-order valence-corrected chi connectivity index (χ3v) is 3.46. The minimum Gasteiger partial charge on any atom is -0.383 e. The van der Waals surface area contributed by atoms with E-state index in [2.05, 4.69) is 41.5 Å². The monoisotopic (exact) mass is 261 g/mol. The molecular formula is C15H23N3O. The number of ether oxygens (including phenoxy) is 1. The third-order valence-electron chi connectivity index (χ3n) is 3.46. The Hall–Kier alpha value is -1.55. The third kappa shape index (κ3) is 3.70. The summed E-state index contributed by atoms with van der Waals surface area (Å²) in [4.78, 5) is 4.54. The lowest BCUT2D eigenvalue weighted by Gasteiger charge is -2.13. The van der Waals surface area contributed by atoms with Gasteiger partial charge in [0, 0.05) is 19.1 Å². The van der Waals surface area contributed by atoms with Crippen molar-refractivity contribution in [3.63, 3.8) is 0 Å². The van der Waals surface area contributed by atoms with Crippen molar-refractivity contribution in [2.24, 2.45) is 10.7 Å². The lowest BCUT2D eigenvalue weighted by molar-refractivity contribution is 0.179. The number of methoxy groups -OCH3 is 1. The second kappa shape index (κ2) is 6.06. The van der Waals surface area contributed by atoms with E-state index in [-0.39, 0.29) is 6.04 Å². The molecule has 3 unspecified atom stereocenters. The van der Waals surface area contributed by atoms with Crippen molar-refractivity contribution in [3.05, 3.63) is 35.4 Å². The minimum absolute atomic E-state index is 0.185. The molecule has 1 aromatic rings. The van der Waals surface area contributed by atoms with E-state index in [1.54, 1.807) is 7.11 Å². The summed E-state index contributed by atoms with van der Waals surface area (Å²) in [5.41, 5.74) is 8.64. The van der Waals surface area contributed by atoms with E-state index < -0.39 is 0 Å². The lowest BCUT2D eigenvalue weighted by atomic mass is 10.0. The van der Waals surface area contributed by atoms with Crippen molar-refractivity contribution in [3.8, 4) is 0 Å². The number of rotatable bonds is 5. The van der Waals surface area contributed by atoms with Crippen LogP contribution in [0.4, 0.5) is 0 Å². The molecular weight excluding hydrogens is 238 g/mol. The Kier molecular flexibility index (Phi) is 4.43. The molecule has 1 saturated carbocycles. The normalized spacial score (nSPS) is 24.1. The fraction of sp³-hybridized carbons (Fsp3) is 0.533. The highest BCUT2D eigenvalue weighted by atomic mass is 16.5. The van der Waals surface area contributed by atoms with Gasteiger partial charge in [-0.2, -0.15) is 0 Å². The van der Waals surface area contributed by atoms with Crippen LogP contribution >= 0.6 is 0 Å². The average Bonchev–Trinajstić information content (AvgIpc) is 3.08. The second-order valence-electron chi connectivity index (χ2n) is 5.28. The van der Waals surface area contributed by atoms with Crippen molar-refractivity contribution in [2.45, 2.75) is 38.3 Å². The Morgan fingerprint density at radius 1 is 1.53 bits per heavy atom. The molecule has 0 bridgehead atoms. The van der Waals surface area contributed by atoms with Crippen LogP contribution in [0.25, 0.3) is 0 Å². The number of nitrogens with two attached hydrogens (primary N) is 1. The number of aliphatic imine (C=N–C) groups is 1. The summed E-state index contributed by atoms with van der Waals surface area (Å²) in [5.74, 6) is 1.05. The van der Waals surface area contributed by atoms with Crippen LogP contribution in [0.15, 0.2) is 29.3 Å². The molecule has 1 aliphatic carbocycles. The molecule has 19 heavy (non-hydrogen) atoms. The molecule has 0 aromatic heterocycles. The maximum atomic E-state index is 5.91. The van der Waals surface area contributed by atoms with Crippen molar-refractivity contribution < 1.29 is 4.74 Å². The van der Waals surface area contributed by atoms with Crippen molar-refractivity contribution >= 4 is 5.96 Å². The highest BCUT2D eigenvalue weighted by Gasteiger charge is 2.39. The first kappa shape index (κ1) is 13.9. The summed E-state index contributed by atoms with van der Waals surface area (Å²) >= 11 is 0. The molecule has 0 heterocycles. The Morgan fingerprint density at radius 3 is 2.95 bits per heavy atom. The van der Waals surface area contributed by atoms with Gasteiger partial charge in [0.15, 0.2) is 5.96 Å². The van der Waals surface area contributed by atoms with Gasteiger partial charge in [0.2, 0.25) is 0 Å². The molecule has 0 amide bonds. The molecule has 1 aliphatic rings. The van der Waals surface area contributed by atoms with E-state index in [1.165, 1.54) is 11.1 Å². The summed E-state index contributed by atoms with van der Waals surface area (Å²) in [6, 6.07) is 9.00. The SMILES string of the molecule is COCC(C)NC(N)=NC1CC1c1ccccc1C. The van der Waals surface area contributed by atoms with Crippen molar-refractivity contribution in [1.82, 2.24) is 5.32 Å². The Morgan fingerprint density at radius 2 is 2.26 bits per heavy atom. The van der Waals surface area contributed by atoms with Gasteiger partial charge in [-0.1, -0.05) is 24.3 Å². The maximum Gasteiger partial charge on any atom is 0.189 e. The van der Waals surface area contributed by atoms with Gasteiger partial charge in [-0.05, 0) is 31.4 Å². The van der Waals surface area contributed by atoms with Crippen LogP contribution in [-0.4, -0.2) is 31.8 Å². The first-order chi connectivity index (χ1) is 9.11. The highest BCUT2D eigenvalue weighted by molar-refractivity contribution is 5.78. The second-order valence-corrected chi connectivity index (χ2v) is 5.28. The number of hydrogen-bond donors (Lipinski definition) is 2. The standard InChI is InChI=1S/C15H23N3O/c1-10-6-4-5-7-12(10)13-8-14(13)18-15(16)17-11(2)9-19-3/h4-7,11,13-14H,8-9H2,1-3H3,(H3,16,17,18). The zero-order valence-corrected chi connectivity index (χ0v) is 11.9. The molecule has 4 heteroatoms. The van der Waals surface area contributed by atoms with Gasteiger partial charge in [0.05, 0.1) is 12.6 Å². The van der Waals surface area contributed by atoms with E-state index in [9.17, 15) is 0 Å². The highest BCUT2D eigenvalue weighted by Crippen LogP contribution is 2.44. The van der Waals surface area contributed by atoms with E-state index in [0.717, 1.165) is 6.42 Å². The summed E-state index contributed by atoms with van der Waals surface area (Å²) in [5, 5.41) is 3.14. The summed E-state index contributed by atoms with van der Waals surface area (Å²) in [7, 11) is 1.68. The van der Waals surface area contributed by atoms with Crippen LogP contribution in [0.5, 0.6) is 0 Å². The smallest absolute Gasteiger partial charge is 0.189 e. The van der Waals surface area contributed by atoms with Gasteiger partial charge in [0.25, 0.3) is 0 Å². The molecule has 3 atom stereocenters. The zero-order valence-electron chi connectivity index (χ0n) is 11.9. The van der Waals surface area contributed by atoms with Crippen LogP contribution in [0.3, 0.4) is 0 Å². The Bertz CT molecular complexity index is 458. The molecule has 0 spiro atoms. The fourth-order valence-corrected chi connectivity index (χ4v) is 2.42. The van der Waals surface area contributed by atoms with Gasteiger partial charge < -0.3 is 15.8 Å². The number of benzene rings is 1. The first-order valence-electron chi connectivity index (χ1n) is 6.76. The zero-order chi connectivity index (χ0) is 13.8. The van der Waals surface area contributed by atoms with Crippen LogP contribution in [0, 0.1) is 6.92 Å². The van der Waals surface area contributed by atoms with E-state index in [4.69, 9.17) is 10.5 Å². The van der Waals surface area contributed by atoms with E-state index >= 15 is 0 Å². The van der Waals surface area contributed by atoms with Gasteiger partial charge in [-0.15, -0.1) is 0 Å². The quantitative estimate of drug-likeness (QED) is 0.627. The predicted octanol–water partition coefficient (Wildman–Crippen LogP) is 1.79. The summed E-state index contributed by atoms with van der Waals surface area (Å²) in [6.45, 7) is 4.80. The predicted molar refractivity (Wildman–Crippen MR) is 78.4 cm³/mol. The molecule has 104 valence electrons. The number of aryl methyl sites for hydroxylation is 1. The molecule has 3 N–H and O–H groups in total. The van der Waals surface area contributed by atoms with Crippen molar-refractivity contribution in [1.29, 1.82) is 0 Å². The Balaban J connectivity index is 1.91. The largest absolute Gasteiger partial charge is 0.383 e. The van der Waals surface area contributed by atoms with Gasteiger partial charge >= 0.3 is 0 Å². The number of guanidine groups is 1. The molecule has 0 radical (unpaired) electrons. The Labute approximate surface area is 115 Å². The van der Waals surface area contributed by atoms with E-state index in [1.807, 2.05) is 6.92 Å². The van der Waals surface area contributed by atoms with Crippen LogP contribution < -0.4 is 11.1 Å². The fourth-order valence-electron chi connectivity index (χ4n) is 2.42. The summed E-state index contributed by atoms with van der Waals surface area (Å²) in [6.07, 6.45) is 1.09. The van der Waals surface area contributed by atoms with E-state index in [0.29, 0.717) is 24.5 Å². The maximum absolute atomic E-state index is 5.91. The molecule has 1 fully saturated rings. The average molecular weight is 261 g/mol. The first-order valence-corrected chi connectivity index (χ1v) is 6.76. The number of hydrogen-bond acceptors (Lipinski definition) is 2. The lowest BCUT2D eigenvalue weighted by Crippen LogP contribution is -2.40. The van der Waals surface area contributed by atoms with Gasteiger partial charge in [0.1, 0.15) is 0 Å². The minimum atomic E-state index is 0.185. The number of nitrogens with one attached hydrogen (secondary N) is 1. The van der Waals surface area contributed by atoms with Crippen LogP contribution in [-0.2, 0) is 4.74 Å². The molecule has 1 aromatic carbocycles. The number of nitrogens with zero attached hydrogens (tertiary/aromatic N) is 1.